The molecule has 0 aromatic heterocycles. The smallest absolute Gasteiger partial charge is 0.101 e. The van der Waals surface area contributed by atoms with Gasteiger partial charge in [-0.25, -0.2) is 0 Å². The summed E-state index contributed by atoms with van der Waals surface area (Å²) >= 11 is 0. The van der Waals surface area contributed by atoms with E-state index in [1.54, 1.807) is 6.07 Å². The molecular weight excluding hydrogens is 224 g/mol. The molecule has 0 heterocycles. The van der Waals surface area contributed by atoms with E-state index in [-0.39, 0.29) is 0 Å². The van der Waals surface area contributed by atoms with E-state index in [1.807, 2.05) is 12.1 Å². The van der Waals surface area contributed by atoms with Gasteiger partial charge >= 0.3 is 0 Å². The van der Waals surface area contributed by atoms with Crippen LogP contribution in [0.25, 0.3) is 0 Å². The van der Waals surface area contributed by atoms with Crippen molar-refractivity contribution >= 4 is 11.4 Å². The van der Waals surface area contributed by atoms with Crippen LogP contribution in [-0.2, 0) is 0 Å². The molecule has 0 aliphatic carbocycles. The minimum Gasteiger partial charge on any atom is -0.399 e. The van der Waals surface area contributed by atoms with Gasteiger partial charge in [0.1, 0.15) is 6.07 Å². The largest absolute Gasteiger partial charge is 0.399 e. The van der Waals surface area contributed by atoms with Crippen molar-refractivity contribution in [2.24, 2.45) is 0 Å². The molecule has 98 valence electrons. The molecule has 0 bridgehead atoms. The number of benzene rings is 1. The molecule has 0 amide bonds. The lowest BCUT2D eigenvalue weighted by atomic mass is 10.1. The van der Waals surface area contributed by atoms with Gasteiger partial charge in [0.15, 0.2) is 0 Å². The van der Waals surface area contributed by atoms with Gasteiger partial charge in [-0.05, 0) is 52.1 Å². The first-order valence-electron chi connectivity index (χ1n) is 6.28. The molecule has 4 heteroatoms. The second-order valence-corrected chi connectivity index (χ2v) is 4.77. The first-order valence-corrected chi connectivity index (χ1v) is 6.28. The summed E-state index contributed by atoms with van der Waals surface area (Å²) in [5.41, 5.74) is 7.73. The van der Waals surface area contributed by atoms with Crippen LogP contribution in [0.4, 0.5) is 11.4 Å². The number of nitriles is 1. The van der Waals surface area contributed by atoms with Gasteiger partial charge in [-0.2, -0.15) is 5.26 Å². The molecule has 0 atom stereocenters. The van der Waals surface area contributed by atoms with E-state index < -0.39 is 0 Å². The topological polar surface area (TPSA) is 65.1 Å². The van der Waals surface area contributed by atoms with Crippen molar-refractivity contribution in [3.05, 3.63) is 23.8 Å². The monoisotopic (exact) mass is 246 g/mol. The number of nitrogen functional groups attached to an aromatic ring is 1. The maximum absolute atomic E-state index is 9.01. The van der Waals surface area contributed by atoms with Crippen molar-refractivity contribution in [3.8, 4) is 6.07 Å². The Labute approximate surface area is 109 Å². The van der Waals surface area contributed by atoms with Gasteiger partial charge in [0.2, 0.25) is 0 Å². The zero-order valence-corrected chi connectivity index (χ0v) is 11.4. The average molecular weight is 246 g/mol. The van der Waals surface area contributed by atoms with Gasteiger partial charge < -0.3 is 16.0 Å². The number of hydrogen-bond acceptors (Lipinski definition) is 4. The van der Waals surface area contributed by atoms with Crippen molar-refractivity contribution in [1.82, 2.24) is 4.90 Å². The highest BCUT2D eigenvalue weighted by Gasteiger charge is 2.04. The van der Waals surface area contributed by atoms with Gasteiger partial charge in [0.05, 0.1) is 11.3 Å². The number of hydrogen-bond donors (Lipinski definition) is 2. The third kappa shape index (κ3) is 4.27. The highest BCUT2D eigenvalue weighted by Crippen LogP contribution is 2.17. The first kappa shape index (κ1) is 14.3. The SMILES string of the molecule is CC(C)N(C)CCCNc1ccc(N)cc1C#N. The van der Waals surface area contributed by atoms with Crippen molar-refractivity contribution in [1.29, 1.82) is 5.26 Å². The molecule has 0 saturated carbocycles. The average Bonchev–Trinajstić information content (AvgIpc) is 2.35. The van der Waals surface area contributed by atoms with Crippen LogP contribution in [0.3, 0.4) is 0 Å². The van der Waals surface area contributed by atoms with Crippen LogP contribution in [0.1, 0.15) is 25.8 Å². The van der Waals surface area contributed by atoms with Gasteiger partial charge in [-0.1, -0.05) is 0 Å². The number of nitrogens with one attached hydrogen (secondary N) is 1. The molecule has 0 aliphatic rings. The minimum atomic E-state index is 0.566. The van der Waals surface area contributed by atoms with Crippen molar-refractivity contribution in [3.63, 3.8) is 0 Å². The van der Waals surface area contributed by atoms with Crippen LogP contribution < -0.4 is 11.1 Å². The van der Waals surface area contributed by atoms with E-state index in [4.69, 9.17) is 11.0 Å². The van der Waals surface area contributed by atoms with Crippen LogP contribution in [0.15, 0.2) is 18.2 Å². The lowest BCUT2D eigenvalue weighted by Gasteiger charge is -2.21. The Morgan fingerprint density at radius 3 is 2.78 bits per heavy atom. The summed E-state index contributed by atoms with van der Waals surface area (Å²) in [6, 6.07) is 8.08. The van der Waals surface area contributed by atoms with Crippen LogP contribution in [0.5, 0.6) is 0 Å². The normalized spacial score (nSPS) is 10.7. The van der Waals surface area contributed by atoms with E-state index in [0.29, 0.717) is 17.3 Å². The summed E-state index contributed by atoms with van der Waals surface area (Å²) in [7, 11) is 2.12. The van der Waals surface area contributed by atoms with Gasteiger partial charge in [-0.3, -0.25) is 0 Å². The summed E-state index contributed by atoms with van der Waals surface area (Å²) in [5.74, 6) is 0. The van der Waals surface area contributed by atoms with Gasteiger partial charge in [0, 0.05) is 18.3 Å². The molecule has 0 saturated heterocycles. The Bertz CT molecular complexity index is 420. The number of rotatable bonds is 6. The quantitative estimate of drug-likeness (QED) is 0.597. The van der Waals surface area contributed by atoms with Crippen LogP contribution in [0, 0.1) is 11.3 Å². The molecule has 1 aromatic carbocycles. The maximum atomic E-state index is 9.01. The van der Waals surface area contributed by atoms with Gasteiger partial charge in [-0.15, -0.1) is 0 Å². The van der Waals surface area contributed by atoms with Crippen LogP contribution in [-0.4, -0.2) is 31.1 Å². The summed E-state index contributed by atoms with van der Waals surface area (Å²) in [4.78, 5) is 2.30. The zero-order valence-electron chi connectivity index (χ0n) is 11.4. The van der Waals surface area contributed by atoms with E-state index in [0.717, 1.165) is 25.2 Å². The molecule has 0 fully saturated rings. The standard InChI is InChI=1S/C14H22N4/c1-11(2)18(3)8-4-7-17-14-6-5-13(16)9-12(14)10-15/h5-6,9,11,17H,4,7-8,16H2,1-3H3. The summed E-state index contributed by atoms with van der Waals surface area (Å²) in [6.07, 6.45) is 1.05. The third-order valence-corrected chi connectivity index (χ3v) is 3.05. The number of nitrogens with zero attached hydrogens (tertiary/aromatic N) is 2. The number of anilines is 2. The summed E-state index contributed by atoms with van der Waals surface area (Å²) < 4.78 is 0. The minimum absolute atomic E-state index is 0.566. The molecule has 0 spiro atoms. The molecule has 0 unspecified atom stereocenters. The first-order chi connectivity index (χ1) is 8.54. The molecular formula is C14H22N4. The Morgan fingerprint density at radius 1 is 1.44 bits per heavy atom. The lowest BCUT2D eigenvalue weighted by molar-refractivity contribution is 0.273. The highest BCUT2D eigenvalue weighted by molar-refractivity contribution is 5.62. The van der Waals surface area contributed by atoms with Gasteiger partial charge in [0.25, 0.3) is 0 Å². The Morgan fingerprint density at radius 2 is 2.17 bits per heavy atom. The van der Waals surface area contributed by atoms with Crippen LogP contribution >= 0.6 is 0 Å². The van der Waals surface area contributed by atoms with Crippen molar-refractivity contribution in [2.75, 3.05) is 31.2 Å². The zero-order chi connectivity index (χ0) is 13.5. The van der Waals surface area contributed by atoms with E-state index >= 15 is 0 Å². The molecule has 0 aliphatic heterocycles. The predicted octanol–water partition coefficient (Wildman–Crippen LogP) is 2.28. The maximum Gasteiger partial charge on any atom is 0.101 e. The fraction of sp³-hybridized carbons (Fsp3) is 0.500. The molecule has 3 N–H and O–H groups in total. The lowest BCUT2D eigenvalue weighted by Crippen LogP contribution is -2.28. The van der Waals surface area contributed by atoms with Crippen LogP contribution in [0.2, 0.25) is 0 Å². The van der Waals surface area contributed by atoms with Crippen molar-refractivity contribution in [2.45, 2.75) is 26.3 Å². The number of nitrogens with two attached hydrogens (primary N) is 1. The Kier molecular flexibility index (Phi) is 5.47. The molecule has 1 aromatic rings. The van der Waals surface area contributed by atoms with E-state index in [2.05, 4.69) is 37.2 Å². The Balaban J connectivity index is 2.43. The van der Waals surface area contributed by atoms with E-state index in [1.165, 1.54) is 0 Å². The third-order valence-electron chi connectivity index (χ3n) is 3.05. The second kappa shape index (κ2) is 6.87. The fourth-order valence-corrected chi connectivity index (χ4v) is 1.62. The molecule has 1 rings (SSSR count). The van der Waals surface area contributed by atoms with Crippen molar-refractivity contribution < 1.29 is 0 Å². The molecule has 4 nitrogen and oxygen atoms in total. The van der Waals surface area contributed by atoms with E-state index in [9.17, 15) is 0 Å². The predicted molar refractivity (Wildman–Crippen MR) is 76.4 cm³/mol. The Hall–Kier alpha value is -1.73. The molecule has 18 heavy (non-hydrogen) atoms. The summed E-state index contributed by atoms with van der Waals surface area (Å²) in [5, 5.41) is 12.3. The summed E-state index contributed by atoms with van der Waals surface area (Å²) in [6.45, 7) is 6.26. The highest BCUT2D eigenvalue weighted by atomic mass is 15.1. The second-order valence-electron chi connectivity index (χ2n) is 4.77. The molecule has 0 radical (unpaired) electrons. The fourth-order valence-electron chi connectivity index (χ4n) is 1.62.